The van der Waals surface area contributed by atoms with Gasteiger partial charge in [0.05, 0.1) is 37.2 Å². The van der Waals surface area contributed by atoms with Crippen LogP contribution in [0.1, 0.15) is 26.7 Å². The minimum Gasteiger partial charge on any atom is -0.494 e. The van der Waals surface area contributed by atoms with Crippen molar-refractivity contribution in [2.45, 2.75) is 55.3 Å². The molecule has 2 bridgehead atoms. The fourth-order valence-electron chi connectivity index (χ4n) is 6.24. The molecule has 5 rings (SSSR count). The first-order valence-electron chi connectivity index (χ1n) is 13.1. The molecule has 3 saturated heterocycles. The number of nitrogens with one attached hydrogen (secondary N) is 2. The van der Waals surface area contributed by atoms with Crippen LogP contribution < -0.4 is 15.4 Å². The molecule has 208 valence electrons. The van der Waals surface area contributed by atoms with Crippen LogP contribution in [0.4, 0.5) is 11.4 Å². The molecule has 3 unspecified atom stereocenters. The van der Waals surface area contributed by atoms with Gasteiger partial charge in [-0.05, 0) is 68.3 Å². The van der Waals surface area contributed by atoms with Crippen molar-refractivity contribution in [1.82, 2.24) is 4.90 Å². The third-order valence-electron chi connectivity index (χ3n) is 7.90. The number of likely N-dealkylation sites (tertiary alicyclic amines) is 1. The van der Waals surface area contributed by atoms with Gasteiger partial charge < -0.3 is 30.1 Å². The van der Waals surface area contributed by atoms with E-state index in [4.69, 9.17) is 21.1 Å². The standard InChI is InChI=1S/C28H31BrClN3O6/c1-3-18(14-34)33-24(26(36)32-16-7-5-15(30)6-8-16)28-13-20(29)23(39-28)21(22(28)27(33)37)25(35)31-17-9-11-19(12-10-17)38-4-2/h5-12,18,20-24,34H,3-4,13-14H2,1-2H3,(H,31,35)(H,32,36)/t18-,20?,21+,22-,23+,24?,28?/m0/s1. The molecular formula is C28H31BrClN3O6. The van der Waals surface area contributed by atoms with E-state index in [0.29, 0.717) is 41.6 Å². The van der Waals surface area contributed by atoms with E-state index in [1.54, 1.807) is 48.5 Å². The van der Waals surface area contributed by atoms with Gasteiger partial charge in [0.1, 0.15) is 17.4 Å². The van der Waals surface area contributed by atoms with E-state index in [1.165, 1.54) is 4.90 Å². The van der Waals surface area contributed by atoms with Gasteiger partial charge in [0.15, 0.2) is 0 Å². The summed E-state index contributed by atoms with van der Waals surface area (Å²) in [5.74, 6) is -2.17. The first-order valence-corrected chi connectivity index (χ1v) is 14.4. The summed E-state index contributed by atoms with van der Waals surface area (Å²) in [7, 11) is 0. The number of anilines is 2. The van der Waals surface area contributed by atoms with Crippen LogP contribution in [-0.2, 0) is 19.1 Å². The topological polar surface area (TPSA) is 117 Å². The van der Waals surface area contributed by atoms with E-state index < -0.39 is 41.5 Å². The second-order valence-corrected chi connectivity index (χ2v) is 11.7. The summed E-state index contributed by atoms with van der Waals surface area (Å²) in [4.78, 5) is 42.8. The van der Waals surface area contributed by atoms with Crippen molar-refractivity contribution in [3.63, 3.8) is 0 Å². The normalized spacial score (nSPS) is 29.7. The molecule has 3 N–H and O–H groups in total. The average Bonchev–Trinajstić information content (AvgIpc) is 3.51. The Hall–Kier alpha value is -2.66. The zero-order valence-electron chi connectivity index (χ0n) is 21.6. The third-order valence-corrected chi connectivity index (χ3v) is 8.99. The summed E-state index contributed by atoms with van der Waals surface area (Å²) in [6.07, 6.45) is 0.210. The van der Waals surface area contributed by atoms with Gasteiger partial charge in [0.2, 0.25) is 17.7 Å². The maximum Gasteiger partial charge on any atom is 0.250 e. The fourth-order valence-corrected chi connectivity index (χ4v) is 7.31. The van der Waals surface area contributed by atoms with E-state index in [2.05, 4.69) is 26.6 Å². The summed E-state index contributed by atoms with van der Waals surface area (Å²) in [6, 6.07) is 12.0. The Morgan fingerprint density at radius 2 is 1.74 bits per heavy atom. The van der Waals surface area contributed by atoms with Gasteiger partial charge in [-0.3, -0.25) is 14.4 Å². The van der Waals surface area contributed by atoms with Gasteiger partial charge in [-0.25, -0.2) is 0 Å². The second-order valence-electron chi connectivity index (χ2n) is 10.1. The minimum absolute atomic E-state index is 0.238. The number of aliphatic hydroxyl groups excluding tert-OH is 1. The second kappa shape index (κ2) is 11.1. The smallest absolute Gasteiger partial charge is 0.250 e. The van der Waals surface area contributed by atoms with Crippen LogP contribution in [0.15, 0.2) is 48.5 Å². The highest BCUT2D eigenvalue weighted by atomic mass is 79.9. The molecule has 3 amide bonds. The molecule has 3 fully saturated rings. The Labute approximate surface area is 240 Å². The number of alkyl halides is 1. The molecule has 7 atom stereocenters. The van der Waals surface area contributed by atoms with Gasteiger partial charge in [-0.2, -0.15) is 0 Å². The Morgan fingerprint density at radius 3 is 2.33 bits per heavy atom. The number of hydrogen-bond acceptors (Lipinski definition) is 6. The van der Waals surface area contributed by atoms with Crippen LogP contribution >= 0.6 is 27.5 Å². The monoisotopic (exact) mass is 619 g/mol. The predicted molar refractivity (Wildman–Crippen MR) is 150 cm³/mol. The highest BCUT2D eigenvalue weighted by Crippen LogP contribution is 2.60. The lowest BCUT2D eigenvalue weighted by Gasteiger charge is -2.36. The summed E-state index contributed by atoms with van der Waals surface area (Å²) >= 11 is 9.66. The van der Waals surface area contributed by atoms with Gasteiger partial charge in [-0.15, -0.1) is 0 Å². The number of benzene rings is 2. The number of rotatable bonds is 9. The number of aliphatic hydroxyl groups is 1. The van der Waals surface area contributed by atoms with Crippen molar-refractivity contribution in [2.24, 2.45) is 11.8 Å². The Bertz CT molecular complexity index is 1240. The molecule has 0 aliphatic carbocycles. The van der Waals surface area contributed by atoms with Gasteiger partial charge in [0.25, 0.3) is 0 Å². The molecule has 3 heterocycles. The van der Waals surface area contributed by atoms with E-state index >= 15 is 0 Å². The van der Waals surface area contributed by atoms with Crippen molar-refractivity contribution in [2.75, 3.05) is 23.8 Å². The number of nitrogens with zero attached hydrogens (tertiary/aromatic N) is 1. The fraction of sp³-hybridized carbons (Fsp3) is 0.464. The number of halogens is 2. The van der Waals surface area contributed by atoms with Crippen LogP contribution in [0, 0.1) is 11.8 Å². The number of hydrogen-bond donors (Lipinski definition) is 3. The molecule has 3 aliphatic heterocycles. The van der Waals surface area contributed by atoms with Crippen LogP contribution in [0.5, 0.6) is 5.75 Å². The van der Waals surface area contributed by atoms with Crippen molar-refractivity contribution in [3.8, 4) is 5.75 Å². The Morgan fingerprint density at radius 1 is 1.13 bits per heavy atom. The lowest BCUT2D eigenvalue weighted by Crippen LogP contribution is -2.56. The largest absolute Gasteiger partial charge is 0.494 e. The summed E-state index contributed by atoms with van der Waals surface area (Å²) in [5.41, 5.74) is -0.149. The number of fused-ring (bicyclic) bond motifs is 1. The van der Waals surface area contributed by atoms with E-state index in [9.17, 15) is 19.5 Å². The van der Waals surface area contributed by atoms with Gasteiger partial charge in [-0.1, -0.05) is 34.5 Å². The molecule has 39 heavy (non-hydrogen) atoms. The van der Waals surface area contributed by atoms with Crippen molar-refractivity contribution >= 4 is 56.6 Å². The summed E-state index contributed by atoms with van der Waals surface area (Å²) in [5, 5.41) is 16.5. The van der Waals surface area contributed by atoms with Crippen molar-refractivity contribution in [1.29, 1.82) is 0 Å². The quantitative estimate of drug-likeness (QED) is 0.367. The summed E-state index contributed by atoms with van der Waals surface area (Å²) in [6.45, 7) is 3.94. The molecule has 0 radical (unpaired) electrons. The zero-order chi connectivity index (χ0) is 27.9. The zero-order valence-corrected chi connectivity index (χ0v) is 23.9. The van der Waals surface area contributed by atoms with Gasteiger partial charge >= 0.3 is 0 Å². The molecule has 0 aromatic heterocycles. The third kappa shape index (κ3) is 4.81. The number of amides is 3. The molecule has 2 aromatic rings. The van der Waals surface area contributed by atoms with E-state index in [1.807, 2.05) is 13.8 Å². The lowest BCUT2D eigenvalue weighted by atomic mass is 9.70. The Kier molecular flexibility index (Phi) is 7.92. The number of carbonyl (C=O) groups is 3. The highest BCUT2D eigenvalue weighted by molar-refractivity contribution is 9.09. The van der Waals surface area contributed by atoms with Crippen LogP contribution in [-0.4, -0.2) is 69.6 Å². The van der Waals surface area contributed by atoms with Crippen molar-refractivity contribution < 1.29 is 29.0 Å². The minimum atomic E-state index is -1.23. The maximum absolute atomic E-state index is 14.1. The number of ether oxygens (including phenoxy) is 2. The van der Waals surface area contributed by atoms with Crippen LogP contribution in [0.3, 0.4) is 0 Å². The highest BCUT2D eigenvalue weighted by Gasteiger charge is 2.77. The lowest BCUT2D eigenvalue weighted by molar-refractivity contribution is -0.143. The predicted octanol–water partition coefficient (Wildman–Crippen LogP) is 3.83. The summed E-state index contributed by atoms with van der Waals surface area (Å²) < 4.78 is 12.0. The van der Waals surface area contributed by atoms with Gasteiger partial charge in [0, 0.05) is 21.2 Å². The molecule has 9 nitrogen and oxygen atoms in total. The Balaban J connectivity index is 1.47. The van der Waals surface area contributed by atoms with Crippen LogP contribution in [0.2, 0.25) is 5.02 Å². The molecule has 1 spiro atoms. The molecule has 0 saturated carbocycles. The maximum atomic E-state index is 14.1. The van der Waals surface area contributed by atoms with Crippen LogP contribution in [0.25, 0.3) is 0 Å². The van der Waals surface area contributed by atoms with Crippen molar-refractivity contribution in [3.05, 3.63) is 53.6 Å². The molecule has 2 aromatic carbocycles. The number of carbonyl (C=O) groups excluding carboxylic acids is 3. The molecular weight excluding hydrogens is 590 g/mol. The molecule has 3 aliphatic rings. The first kappa shape index (κ1) is 27.9. The molecule has 11 heteroatoms. The SMILES string of the molecule is CCOc1ccc(NC(=O)[C@H]2[C@@H]3OC4(CC3Br)C(C(=O)Nc3ccc(Cl)cc3)N([C@@H](CC)CO)C(=O)[C@H]24)cc1. The first-order chi connectivity index (χ1) is 18.7. The van der Waals surface area contributed by atoms with E-state index in [0.717, 1.165) is 0 Å². The average molecular weight is 621 g/mol. The van der Waals surface area contributed by atoms with E-state index in [-0.39, 0.29) is 23.2 Å².